The number of imidazole rings is 1. The van der Waals surface area contributed by atoms with E-state index >= 15 is 0 Å². The standard InChI is InChI=1S/C47H42N3O/c1-27(2)37-22-34(31-13-9-8-10-14-31)23-38(28(3)4)45(37)50-42-16-12-11-15-41(42)49(7)47(50)44-29(5)17-20-36-39-24-35-25-40-32(19-18-30(6)48-40)21-33(35)26-43(39)51-46(36)44/h8-28H,1-7H3/q+1/i6D3. The highest BCUT2D eigenvalue weighted by molar-refractivity contribution is 6.14. The Morgan fingerprint density at radius 3 is 2.18 bits per heavy atom. The summed E-state index contributed by atoms with van der Waals surface area (Å²) in [5.74, 6) is 1.58. The Morgan fingerprint density at radius 2 is 1.43 bits per heavy atom. The van der Waals surface area contributed by atoms with Crippen molar-refractivity contribution in [3.63, 3.8) is 0 Å². The summed E-state index contributed by atoms with van der Waals surface area (Å²) in [6.07, 6.45) is 0. The van der Waals surface area contributed by atoms with Gasteiger partial charge >= 0.3 is 0 Å². The minimum absolute atomic E-state index is 0.100. The van der Waals surface area contributed by atoms with Crippen molar-refractivity contribution in [1.82, 2.24) is 9.55 Å². The van der Waals surface area contributed by atoms with Gasteiger partial charge in [0, 0.05) is 37.1 Å². The van der Waals surface area contributed by atoms with Crippen LogP contribution in [0.5, 0.6) is 0 Å². The van der Waals surface area contributed by atoms with Gasteiger partial charge in [-0.05, 0) is 108 Å². The molecule has 4 nitrogen and oxygen atoms in total. The van der Waals surface area contributed by atoms with Crippen molar-refractivity contribution in [1.29, 1.82) is 0 Å². The molecule has 0 bridgehead atoms. The molecule has 6 aromatic carbocycles. The molecule has 0 atom stereocenters. The number of aryl methyl sites for hydroxylation is 3. The van der Waals surface area contributed by atoms with Gasteiger partial charge in [0.2, 0.25) is 0 Å². The number of rotatable bonds is 5. The van der Waals surface area contributed by atoms with Gasteiger partial charge in [0.05, 0.1) is 12.6 Å². The molecule has 0 radical (unpaired) electrons. The molecule has 0 aliphatic heterocycles. The maximum absolute atomic E-state index is 7.88. The van der Waals surface area contributed by atoms with E-state index in [4.69, 9.17) is 8.53 Å². The highest BCUT2D eigenvalue weighted by Gasteiger charge is 2.34. The lowest BCUT2D eigenvalue weighted by Gasteiger charge is -2.21. The first-order valence-electron chi connectivity index (χ1n) is 19.3. The van der Waals surface area contributed by atoms with Crippen LogP contribution in [0.2, 0.25) is 0 Å². The molecule has 4 heteroatoms. The maximum Gasteiger partial charge on any atom is 0.299 e. The minimum atomic E-state index is -2.27. The topological polar surface area (TPSA) is 34.8 Å². The third-order valence-corrected chi connectivity index (χ3v) is 10.6. The molecule has 0 fully saturated rings. The number of benzene rings is 6. The molecule has 0 aliphatic rings. The van der Waals surface area contributed by atoms with Gasteiger partial charge in [0.15, 0.2) is 16.6 Å². The number of hydrogen-bond acceptors (Lipinski definition) is 2. The first-order chi connectivity index (χ1) is 25.9. The van der Waals surface area contributed by atoms with Crippen LogP contribution in [0.4, 0.5) is 0 Å². The number of furan rings is 1. The zero-order valence-corrected chi connectivity index (χ0v) is 29.9. The lowest BCUT2D eigenvalue weighted by atomic mass is 9.88. The maximum atomic E-state index is 7.88. The molecule has 3 aromatic heterocycles. The molecular formula is C47H42N3O+. The van der Waals surface area contributed by atoms with Crippen molar-refractivity contribution in [3.05, 3.63) is 138 Å². The van der Waals surface area contributed by atoms with Crippen molar-refractivity contribution in [3.8, 4) is 28.2 Å². The van der Waals surface area contributed by atoms with Gasteiger partial charge in [0.25, 0.3) is 5.82 Å². The van der Waals surface area contributed by atoms with E-state index in [1.807, 2.05) is 12.1 Å². The van der Waals surface area contributed by atoms with Crippen molar-refractivity contribution < 1.29 is 13.1 Å². The van der Waals surface area contributed by atoms with Crippen LogP contribution < -0.4 is 4.57 Å². The lowest BCUT2D eigenvalue weighted by molar-refractivity contribution is -0.633. The van der Waals surface area contributed by atoms with E-state index in [1.54, 1.807) is 6.07 Å². The number of para-hydroxylation sites is 2. The van der Waals surface area contributed by atoms with Gasteiger partial charge in [-0.1, -0.05) is 88.4 Å². The Kier molecular flexibility index (Phi) is 6.41. The molecular weight excluding hydrogens is 623 g/mol. The summed E-state index contributed by atoms with van der Waals surface area (Å²) >= 11 is 0. The summed E-state index contributed by atoms with van der Waals surface area (Å²) in [5, 5.41) is 4.92. The smallest absolute Gasteiger partial charge is 0.299 e. The summed E-state index contributed by atoms with van der Waals surface area (Å²) in [4.78, 5) is 4.53. The SMILES string of the molecule is [2H]C([2H])([2H])c1ccc2cc3cc4oc5c(-c6n(-c7c(C(C)C)cc(-c8ccccc8)cc7C(C)C)c7ccccc7[n+]6C)c(C)ccc5c4cc3cc2n1. The highest BCUT2D eigenvalue weighted by atomic mass is 16.3. The van der Waals surface area contributed by atoms with Crippen LogP contribution in [0, 0.1) is 13.8 Å². The molecule has 0 saturated carbocycles. The van der Waals surface area contributed by atoms with Gasteiger partial charge < -0.3 is 4.42 Å². The van der Waals surface area contributed by atoms with E-state index in [9.17, 15) is 0 Å². The van der Waals surface area contributed by atoms with Gasteiger partial charge in [-0.25, -0.2) is 4.57 Å². The first kappa shape index (κ1) is 28.0. The Hall–Kier alpha value is -5.74. The van der Waals surface area contributed by atoms with Crippen LogP contribution >= 0.6 is 0 Å². The zero-order chi connectivity index (χ0) is 37.6. The van der Waals surface area contributed by atoms with Crippen LogP contribution in [-0.4, -0.2) is 9.55 Å². The Morgan fingerprint density at radius 1 is 0.706 bits per heavy atom. The molecule has 0 aliphatic carbocycles. The lowest BCUT2D eigenvalue weighted by Crippen LogP contribution is -2.30. The average molecular weight is 668 g/mol. The summed E-state index contributed by atoms with van der Waals surface area (Å²) in [5.41, 5.74) is 13.1. The third kappa shape index (κ3) is 4.88. The number of hydrogen-bond donors (Lipinski definition) is 0. The fourth-order valence-electron chi connectivity index (χ4n) is 8.02. The average Bonchev–Trinajstić information content (AvgIpc) is 3.65. The Bertz CT molecular complexity index is 2920. The molecule has 9 aromatic rings. The molecule has 0 saturated heterocycles. The normalized spacial score (nSPS) is 13.3. The number of aromatic nitrogens is 3. The zero-order valence-electron chi connectivity index (χ0n) is 32.9. The second-order valence-electron chi connectivity index (χ2n) is 14.6. The Labute approximate surface area is 302 Å². The van der Waals surface area contributed by atoms with Crippen molar-refractivity contribution >= 4 is 54.6 Å². The van der Waals surface area contributed by atoms with Crippen LogP contribution in [0.1, 0.15) is 66.0 Å². The summed E-state index contributed by atoms with van der Waals surface area (Å²) in [7, 11) is 2.16. The second-order valence-corrected chi connectivity index (χ2v) is 14.6. The van der Waals surface area contributed by atoms with Crippen LogP contribution in [0.3, 0.4) is 0 Å². The van der Waals surface area contributed by atoms with Crippen molar-refractivity contribution in [2.45, 2.75) is 53.3 Å². The molecule has 51 heavy (non-hydrogen) atoms. The van der Waals surface area contributed by atoms with E-state index in [0.717, 1.165) is 66.1 Å². The van der Waals surface area contributed by atoms with Crippen molar-refractivity contribution in [2.75, 3.05) is 0 Å². The third-order valence-electron chi connectivity index (χ3n) is 10.6. The van der Waals surface area contributed by atoms with Crippen LogP contribution in [0.25, 0.3) is 82.8 Å². The Balaban J connectivity index is 1.35. The summed E-state index contributed by atoms with van der Waals surface area (Å²) < 4.78 is 35.4. The van der Waals surface area contributed by atoms with E-state index in [-0.39, 0.29) is 17.5 Å². The van der Waals surface area contributed by atoms with Crippen molar-refractivity contribution in [2.24, 2.45) is 7.05 Å². The monoisotopic (exact) mass is 667 g/mol. The largest absolute Gasteiger partial charge is 0.455 e. The molecule has 0 amide bonds. The highest BCUT2D eigenvalue weighted by Crippen LogP contribution is 2.43. The molecule has 250 valence electrons. The fraction of sp³-hybridized carbons (Fsp3) is 0.191. The van der Waals surface area contributed by atoms with Gasteiger partial charge in [0.1, 0.15) is 16.8 Å². The van der Waals surface area contributed by atoms with E-state index < -0.39 is 6.85 Å². The van der Waals surface area contributed by atoms with Gasteiger partial charge in [-0.3, -0.25) is 4.98 Å². The predicted molar refractivity (Wildman–Crippen MR) is 213 cm³/mol. The summed E-state index contributed by atoms with van der Waals surface area (Å²) in [6, 6.07) is 40.3. The van der Waals surface area contributed by atoms with E-state index in [1.165, 1.54) is 27.9 Å². The molecule has 0 N–H and O–H groups in total. The van der Waals surface area contributed by atoms with Crippen LogP contribution in [0.15, 0.2) is 120 Å². The quantitative estimate of drug-likeness (QED) is 0.135. The molecule has 9 rings (SSSR count). The summed E-state index contributed by atoms with van der Waals surface area (Å²) in [6.45, 7) is 9.08. The van der Waals surface area contributed by atoms with Crippen LogP contribution in [-0.2, 0) is 7.05 Å². The number of pyridine rings is 1. The fourth-order valence-corrected chi connectivity index (χ4v) is 8.02. The molecule has 0 unspecified atom stereocenters. The van der Waals surface area contributed by atoms with Gasteiger partial charge in [-0.15, -0.1) is 0 Å². The minimum Gasteiger partial charge on any atom is -0.455 e. The van der Waals surface area contributed by atoms with E-state index in [2.05, 4.69) is 153 Å². The first-order valence-corrected chi connectivity index (χ1v) is 17.8. The molecule has 0 spiro atoms. The second kappa shape index (κ2) is 11.7. The number of nitrogens with zero attached hydrogens (tertiary/aromatic N) is 3. The number of fused-ring (bicyclic) bond motifs is 6. The predicted octanol–water partition coefficient (Wildman–Crippen LogP) is 12.3. The molecule has 3 heterocycles. The van der Waals surface area contributed by atoms with E-state index in [0.29, 0.717) is 5.52 Å². The van der Waals surface area contributed by atoms with Gasteiger partial charge in [-0.2, -0.15) is 4.57 Å².